The molecule has 0 radical (unpaired) electrons. The first-order valence-corrected chi connectivity index (χ1v) is 4.96. The van der Waals surface area contributed by atoms with Gasteiger partial charge in [-0.3, -0.25) is 0 Å². The number of carbonyl (C=O) groups excluding carboxylic acids is 1. The molecule has 0 aliphatic heterocycles. The van der Waals surface area contributed by atoms with E-state index in [2.05, 4.69) is 20.0 Å². The number of hydrogen-bond acceptors (Lipinski definition) is 3. The summed E-state index contributed by atoms with van der Waals surface area (Å²) in [5.74, 6) is 0.714. The fourth-order valence-corrected chi connectivity index (χ4v) is 1.49. The predicted octanol–water partition coefficient (Wildman–Crippen LogP) is 1.73. The summed E-state index contributed by atoms with van der Waals surface area (Å²) in [6.45, 7) is 2.35. The summed E-state index contributed by atoms with van der Waals surface area (Å²) < 4.78 is 4.47. The molecule has 0 atom stereocenters. The van der Waals surface area contributed by atoms with Gasteiger partial charge in [0.1, 0.15) is 5.82 Å². The van der Waals surface area contributed by atoms with Crippen LogP contribution in [0.4, 0.5) is 4.79 Å². The van der Waals surface area contributed by atoms with Crippen molar-refractivity contribution in [1.29, 1.82) is 0 Å². The maximum absolute atomic E-state index is 10.9. The second kappa shape index (κ2) is 4.22. The molecule has 84 valence electrons. The van der Waals surface area contributed by atoms with Crippen molar-refractivity contribution in [1.82, 2.24) is 15.3 Å². The molecule has 2 rings (SSSR count). The van der Waals surface area contributed by atoms with Gasteiger partial charge in [-0.1, -0.05) is 6.07 Å². The van der Waals surface area contributed by atoms with Crippen LogP contribution >= 0.6 is 0 Å². The second-order valence-electron chi connectivity index (χ2n) is 3.55. The van der Waals surface area contributed by atoms with Crippen LogP contribution in [0.15, 0.2) is 18.2 Å². The lowest BCUT2D eigenvalue weighted by molar-refractivity contribution is 0.170. The van der Waals surface area contributed by atoms with E-state index in [-0.39, 0.29) is 0 Å². The topological polar surface area (TPSA) is 67.0 Å². The number of benzene rings is 1. The van der Waals surface area contributed by atoms with Crippen molar-refractivity contribution in [3.63, 3.8) is 0 Å². The number of hydrogen-bond donors (Lipinski definition) is 2. The molecular formula is C11H13N3O2. The Morgan fingerprint density at radius 1 is 1.56 bits per heavy atom. The molecule has 0 saturated heterocycles. The van der Waals surface area contributed by atoms with E-state index in [1.807, 2.05) is 25.1 Å². The van der Waals surface area contributed by atoms with E-state index in [4.69, 9.17) is 0 Å². The van der Waals surface area contributed by atoms with Crippen LogP contribution in [-0.2, 0) is 11.3 Å². The summed E-state index contributed by atoms with van der Waals surface area (Å²) in [5, 5.41) is 2.57. The van der Waals surface area contributed by atoms with Gasteiger partial charge < -0.3 is 15.0 Å². The normalized spacial score (nSPS) is 10.4. The lowest BCUT2D eigenvalue weighted by Gasteiger charge is -1.99. The first-order chi connectivity index (χ1) is 7.69. The van der Waals surface area contributed by atoms with Crippen molar-refractivity contribution >= 4 is 17.1 Å². The highest BCUT2D eigenvalue weighted by Gasteiger charge is 2.04. The summed E-state index contributed by atoms with van der Waals surface area (Å²) in [6.07, 6.45) is -0.461. The van der Waals surface area contributed by atoms with E-state index >= 15 is 0 Å². The van der Waals surface area contributed by atoms with Crippen LogP contribution in [0.5, 0.6) is 0 Å². The molecule has 0 fully saturated rings. The zero-order valence-electron chi connectivity index (χ0n) is 9.20. The summed E-state index contributed by atoms with van der Waals surface area (Å²) in [6, 6.07) is 5.97. The molecule has 0 aliphatic rings. The zero-order chi connectivity index (χ0) is 11.5. The molecule has 1 amide bonds. The summed E-state index contributed by atoms with van der Waals surface area (Å²) >= 11 is 0. The maximum Gasteiger partial charge on any atom is 0.407 e. The van der Waals surface area contributed by atoms with E-state index < -0.39 is 6.09 Å². The number of aryl methyl sites for hydroxylation is 1. The van der Waals surface area contributed by atoms with Gasteiger partial charge in [0.25, 0.3) is 0 Å². The number of alkyl carbamates (subject to hydrolysis) is 1. The minimum atomic E-state index is -0.461. The number of imidazole rings is 1. The van der Waals surface area contributed by atoms with Crippen LogP contribution in [0.2, 0.25) is 0 Å². The maximum atomic E-state index is 10.9. The lowest BCUT2D eigenvalue weighted by Crippen LogP contribution is -2.22. The molecule has 5 heteroatoms. The molecule has 0 unspecified atom stereocenters. The number of nitrogens with zero attached hydrogens (tertiary/aromatic N) is 1. The van der Waals surface area contributed by atoms with Crippen LogP contribution in [-0.4, -0.2) is 23.2 Å². The van der Waals surface area contributed by atoms with Gasteiger partial charge >= 0.3 is 6.09 Å². The Morgan fingerprint density at radius 3 is 3.12 bits per heavy atom. The van der Waals surface area contributed by atoms with Crippen molar-refractivity contribution in [3.8, 4) is 0 Å². The summed E-state index contributed by atoms with van der Waals surface area (Å²) in [7, 11) is 1.33. The molecule has 1 aromatic carbocycles. The van der Waals surface area contributed by atoms with Gasteiger partial charge in [-0.15, -0.1) is 0 Å². The molecule has 0 spiro atoms. The number of ether oxygens (including phenoxy) is 1. The third kappa shape index (κ3) is 2.13. The molecule has 1 heterocycles. The molecule has 0 aliphatic carbocycles. The highest BCUT2D eigenvalue weighted by atomic mass is 16.5. The number of nitrogens with one attached hydrogen (secondary N) is 2. The van der Waals surface area contributed by atoms with Gasteiger partial charge in [0.15, 0.2) is 0 Å². The smallest absolute Gasteiger partial charge is 0.407 e. The van der Waals surface area contributed by atoms with Gasteiger partial charge in [0.05, 0.1) is 24.7 Å². The van der Waals surface area contributed by atoms with Crippen molar-refractivity contribution in [2.24, 2.45) is 0 Å². The lowest BCUT2D eigenvalue weighted by atomic mass is 10.2. The SMILES string of the molecule is COC(=O)NCc1nc2ccc(C)cc2[nH]1. The summed E-state index contributed by atoms with van der Waals surface area (Å²) in [5.41, 5.74) is 3.04. The Morgan fingerprint density at radius 2 is 2.38 bits per heavy atom. The Bertz CT molecular complexity index is 519. The van der Waals surface area contributed by atoms with Crippen LogP contribution in [0.25, 0.3) is 11.0 Å². The molecule has 2 aromatic rings. The number of aromatic nitrogens is 2. The van der Waals surface area contributed by atoms with Gasteiger partial charge in [-0.25, -0.2) is 9.78 Å². The molecule has 1 aromatic heterocycles. The molecule has 0 bridgehead atoms. The summed E-state index contributed by atoms with van der Waals surface area (Å²) in [4.78, 5) is 18.3. The zero-order valence-corrected chi connectivity index (χ0v) is 9.20. The molecule has 16 heavy (non-hydrogen) atoms. The largest absolute Gasteiger partial charge is 0.453 e. The highest BCUT2D eigenvalue weighted by molar-refractivity contribution is 5.76. The van der Waals surface area contributed by atoms with Crippen molar-refractivity contribution < 1.29 is 9.53 Å². The Balaban J connectivity index is 2.16. The Hall–Kier alpha value is -2.04. The van der Waals surface area contributed by atoms with Crippen molar-refractivity contribution in [2.75, 3.05) is 7.11 Å². The van der Waals surface area contributed by atoms with E-state index in [9.17, 15) is 4.79 Å². The van der Waals surface area contributed by atoms with Crippen LogP contribution in [0.1, 0.15) is 11.4 Å². The third-order valence-electron chi connectivity index (χ3n) is 2.27. The molecule has 2 N–H and O–H groups in total. The Kier molecular flexibility index (Phi) is 2.76. The average Bonchev–Trinajstić information content (AvgIpc) is 2.67. The fourth-order valence-electron chi connectivity index (χ4n) is 1.49. The third-order valence-corrected chi connectivity index (χ3v) is 2.27. The second-order valence-corrected chi connectivity index (χ2v) is 3.55. The standard InChI is InChI=1S/C11H13N3O2/c1-7-3-4-8-9(5-7)14-10(13-8)6-12-11(15)16-2/h3-5H,6H2,1-2H3,(H,12,15)(H,13,14). The minimum absolute atomic E-state index is 0.334. The van der Waals surface area contributed by atoms with E-state index in [0.717, 1.165) is 11.0 Å². The van der Waals surface area contributed by atoms with Gasteiger partial charge in [0.2, 0.25) is 0 Å². The van der Waals surface area contributed by atoms with Gasteiger partial charge in [-0.05, 0) is 24.6 Å². The van der Waals surface area contributed by atoms with Gasteiger partial charge in [-0.2, -0.15) is 0 Å². The van der Waals surface area contributed by atoms with Gasteiger partial charge in [0, 0.05) is 0 Å². The van der Waals surface area contributed by atoms with Crippen LogP contribution in [0.3, 0.4) is 0 Å². The fraction of sp³-hybridized carbons (Fsp3) is 0.273. The van der Waals surface area contributed by atoms with E-state index in [0.29, 0.717) is 12.4 Å². The average molecular weight is 219 g/mol. The van der Waals surface area contributed by atoms with Crippen molar-refractivity contribution in [2.45, 2.75) is 13.5 Å². The number of amides is 1. The van der Waals surface area contributed by atoms with Crippen molar-refractivity contribution in [3.05, 3.63) is 29.6 Å². The number of rotatable bonds is 2. The molecule has 5 nitrogen and oxygen atoms in total. The van der Waals surface area contributed by atoms with Crippen LogP contribution in [0, 0.1) is 6.92 Å². The van der Waals surface area contributed by atoms with Crippen LogP contribution < -0.4 is 5.32 Å². The van der Waals surface area contributed by atoms with E-state index in [1.165, 1.54) is 12.7 Å². The highest BCUT2D eigenvalue weighted by Crippen LogP contribution is 2.12. The molecule has 0 saturated carbocycles. The number of aromatic amines is 1. The number of methoxy groups -OCH3 is 1. The number of fused-ring (bicyclic) bond motifs is 1. The first kappa shape index (κ1) is 10.5. The first-order valence-electron chi connectivity index (χ1n) is 4.96. The predicted molar refractivity (Wildman–Crippen MR) is 60.1 cm³/mol. The quantitative estimate of drug-likeness (QED) is 0.808. The molecular weight excluding hydrogens is 206 g/mol. The van der Waals surface area contributed by atoms with E-state index in [1.54, 1.807) is 0 Å². The number of H-pyrrole nitrogens is 1. The monoisotopic (exact) mass is 219 g/mol. The Labute approximate surface area is 92.8 Å². The number of carbonyl (C=O) groups is 1. The minimum Gasteiger partial charge on any atom is -0.453 e.